The van der Waals surface area contributed by atoms with Crippen LogP contribution in [0.4, 0.5) is 11.6 Å². The summed E-state index contributed by atoms with van der Waals surface area (Å²) >= 11 is 9.68. The van der Waals surface area contributed by atoms with E-state index < -0.39 is 0 Å². The maximum atomic E-state index is 6.07. The highest BCUT2D eigenvalue weighted by Gasteiger charge is 2.21. The topological polar surface area (TPSA) is 41.0 Å². The summed E-state index contributed by atoms with van der Waals surface area (Å²) in [4.78, 5) is 10.9. The summed E-state index contributed by atoms with van der Waals surface area (Å²) in [5, 5.41) is 4.35. The Hall–Kier alpha value is -2.11. The van der Waals surface area contributed by atoms with Gasteiger partial charge in [0.2, 0.25) is 0 Å². The Balaban J connectivity index is 1.86. The van der Waals surface area contributed by atoms with Crippen LogP contribution < -0.4 is 10.2 Å². The van der Waals surface area contributed by atoms with Crippen LogP contribution in [0.5, 0.6) is 0 Å². The minimum Gasteiger partial charge on any atom is -0.367 e. The zero-order valence-electron chi connectivity index (χ0n) is 16.9. The Bertz CT molecular complexity index is 932. The van der Waals surface area contributed by atoms with Crippen molar-refractivity contribution in [2.75, 3.05) is 23.8 Å². The molecule has 0 saturated heterocycles. The number of aromatic nitrogens is 2. The Morgan fingerprint density at radius 2 is 1.86 bits per heavy atom. The zero-order chi connectivity index (χ0) is 20.8. The van der Waals surface area contributed by atoms with Gasteiger partial charge in [0, 0.05) is 41.1 Å². The van der Waals surface area contributed by atoms with Gasteiger partial charge in [0.15, 0.2) is 0 Å². The van der Waals surface area contributed by atoms with Gasteiger partial charge in [0.1, 0.15) is 18.0 Å². The van der Waals surface area contributed by atoms with Gasteiger partial charge in [-0.15, -0.1) is 0 Å². The highest BCUT2D eigenvalue weighted by molar-refractivity contribution is 9.10. The average molecular weight is 474 g/mol. The van der Waals surface area contributed by atoms with Gasteiger partial charge in [0.05, 0.1) is 0 Å². The molecule has 0 unspecified atom stereocenters. The number of nitrogens with zero attached hydrogens (tertiary/aromatic N) is 3. The molecule has 1 heterocycles. The number of hydrogen-bond acceptors (Lipinski definition) is 4. The van der Waals surface area contributed by atoms with Gasteiger partial charge in [-0.1, -0.05) is 51.8 Å². The molecule has 29 heavy (non-hydrogen) atoms. The van der Waals surface area contributed by atoms with Crippen LogP contribution >= 0.6 is 27.5 Å². The largest absolute Gasteiger partial charge is 0.367 e. The van der Waals surface area contributed by atoms with Gasteiger partial charge in [-0.25, -0.2) is 9.97 Å². The number of anilines is 2. The Morgan fingerprint density at radius 3 is 2.55 bits per heavy atom. The molecular weight excluding hydrogens is 448 g/mol. The molecule has 0 radical (unpaired) electrons. The molecule has 152 valence electrons. The Morgan fingerprint density at radius 1 is 1.10 bits per heavy atom. The first-order valence-electron chi connectivity index (χ1n) is 9.76. The summed E-state index contributed by atoms with van der Waals surface area (Å²) in [5.74, 6) is 2.00. The molecule has 3 rings (SSSR count). The minimum atomic E-state index is 0.162. The van der Waals surface area contributed by atoms with Gasteiger partial charge >= 0.3 is 0 Å². The molecule has 2 aromatic carbocycles. The summed E-state index contributed by atoms with van der Waals surface area (Å²) in [7, 11) is 2.03. The van der Waals surface area contributed by atoms with E-state index in [9.17, 15) is 0 Å². The molecule has 2 atom stereocenters. The van der Waals surface area contributed by atoms with Crippen LogP contribution in [0.15, 0.2) is 65.4 Å². The maximum Gasteiger partial charge on any atom is 0.133 e. The molecule has 0 aliphatic carbocycles. The molecule has 3 aromatic rings. The van der Waals surface area contributed by atoms with E-state index in [4.69, 9.17) is 11.6 Å². The van der Waals surface area contributed by atoms with Crippen molar-refractivity contribution >= 4 is 39.2 Å². The first-order chi connectivity index (χ1) is 14.0. The normalized spacial score (nSPS) is 13.0. The summed E-state index contributed by atoms with van der Waals surface area (Å²) < 4.78 is 1.08. The lowest BCUT2D eigenvalue weighted by Gasteiger charge is -2.27. The van der Waals surface area contributed by atoms with Crippen molar-refractivity contribution in [1.29, 1.82) is 0 Å². The molecule has 0 spiro atoms. The van der Waals surface area contributed by atoms with Crippen molar-refractivity contribution in [1.82, 2.24) is 9.97 Å². The molecule has 0 amide bonds. The van der Waals surface area contributed by atoms with Gasteiger partial charge in [-0.2, -0.15) is 0 Å². The lowest BCUT2D eigenvalue weighted by Crippen LogP contribution is -2.27. The van der Waals surface area contributed by atoms with E-state index in [2.05, 4.69) is 86.4 Å². The summed E-state index contributed by atoms with van der Waals surface area (Å²) in [6.45, 7) is 5.20. The van der Waals surface area contributed by atoms with Gasteiger partial charge in [-0.05, 0) is 55.7 Å². The molecule has 0 aliphatic heterocycles. The molecule has 0 aliphatic rings. The highest BCUT2D eigenvalue weighted by atomic mass is 79.9. The molecule has 4 nitrogen and oxygen atoms in total. The molecule has 1 N–H and O–H groups in total. The lowest BCUT2D eigenvalue weighted by molar-refractivity contribution is 0.593. The number of nitrogens with one attached hydrogen (secondary N) is 1. The van der Waals surface area contributed by atoms with Crippen LogP contribution in [0.1, 0.15) is 30.9 Å². The molecule has 0 bridgehead atoms. The Kier molecular flexibility index (Phi) is 7.51. The second-order valence-corrected chi connectivity index (χ2v) is 8.55. The number of halogens is 2. The van der Waals surface area contributed by atoms with Crippen LogP contribution in [0, 0.1) is 0 Å². The van der Waals surface area contributed by atoms with E-state index in [1.54, 1.807) is 6.33 Å². The average Bonchev–Trinajstić information content (AvgIpc) is 2.72. The third-order valence-corrected chi connectivity index (χ3v) is 5.89. The number of hydrogen-bond donors (Lipinski definition) is 1. The first-order valence-corrected chi connectivity index (χ1v) is 10.9. The maximum absolute atomic E-state index is 6.07. The smallest absolute Gasteiger partial charge is 0.133 e. The van der Waals surface area contributed by atoms with E-state index in [1.807, 2.05) is 25.2 Å². The van der Waals surface area contributed by atoms with Crippen LogP contribution in [-0.2, 0) is 6.42 Å². The summed E-state index contributed by atoms with van der Waals surface area (Å²) in [6, 6.07) is 18.8. The highest BCUT2D eigenvalue weighted by Crippen LogP contribution is 2.29. The third kappa shape index (κ3) is 5.94. The minimum absolute atomic E-state index is 0.162. The van der Waals surface area contributed by atoms with Crippen molar-refractivity contribution < 1.29 is 0 Å². The lowest BCUT2D eigenvalue weighted by atomic mass is 9.86. The molecule has 1 aromatic heterocycles. The Labute approximate surface area is 186 Å². The van der Waals surface area contributed by atoms with Crippen molar-refractivity contribution in [3.63, 3.8) is 0 Å². The SMILES string of the molecule is CCN(C)c1cc(N[C@@H](C)[C@@H](Cc2ccc(Cl)cc2)c2cccc(Br)c2)ncn1. The van der Waals surface area contributed by atoms with E-state index in [-0.39, 0.29) is 12.0 Å². The molecule has 6 heteroatoms. The fourth-order valence-corrected chi connectivity index (χ4v) is 3.87. The molecule has 0 fully saturated rings. The predicted octanol–water partition coefficient (Wildman–Crippen LogP) is 6.18. The fraction of sp³-hybridized carbons (Fsp3) is 0.304. The fourth-order valence-electron chi connectivity index (χ4n) is 3.33. The van der Waals surface area contributed by atoms with E-state index in [0.29, 0.717) is 0 Å². The van der Waals surface area contributed by atoms with E-state index in [0.717, 1.165) is 34.1 Å². The van der Waals surface area contributed by atoms with Crippen LogP contribution in [0.2, 0.25) is 5.02 Å². The van der Waals surface area contributed by atoms with Crippen molar-refractivity contribution in [3.8, 4) is 0 Å². The predicted molar refractivity (Wildman–Crippen MR) is 126 cm³/mol. The molecular formula is C23H26BrClN4. The van der Waals surface area contributed by atoms with Gasteiger partial charge in [0.25, 0.3) is 0 Å². The summed E-state index contributed by atoms with van der Waals surface area (Å²) in [5.41, 5.74) is 2.52. The quantitative estimate of drug-likeness (QED) is 0.424. The van der Waals surface area contributed by atoms with Crippen LogP contribution in [0.25, 0.3) is 0 Å². The van der Waals surface area contributed by atoms with E-state index in [1.165, 1.54) is 11.1 Å². The van der Waals surface area contributed by atoms with E-state index >= 15 is 0 Å². The standard InChI is InChI=1S/C23H26BrClN4/c1-4-29(3)23-14-22(26-15-27-23)28-16(2)21(18-6-5-7-19(24)13-18)12-17-8-10-20(25)11-9-17/h5-11,13-16,21H,4,12H2,1-3H3,(H,26,27,28)/t16-,21+/m0/s1. The molecule has 0 saturated carbocycles. The van der Waals surface area contributed by atoms with Crippen LogP contribution in [-0.4, -0.2) is 29.6 Å². The van der Waals surface area contributed by atoms with Crippen molar-refractivity contribution in [3.05, 3.63) is 81.5 Å². The number of benzene rings is 2. The zero-order valence-corrected chi connectivity index (χ0v) is 19.3. The second kappa shape index (κ2) is 10.1. The first kappa shape index (κ1) is 21.6. The van der Waals surface area contributed by atoms with Crippen molar-refractivity contribution in [2.24, 2.45) is 0 Å². The number of rotatable bonds is 8. The van der Waals surface area contributed by atoms with Crippen molar-refractivity contribution in [2.45, 2.75) is 32.2 Å². The summed E-state index contributed by atoms with van der Waals surface area (Å²) in [6.07, 6.45) is 2.51. The van der Waals surface area contributed by atoms with Gasteiger partial charge < -0.3 is 10.2 Å². The monoisotopic (exact) mass is 472 g/mol. The van der Waals surface area contributed by atoms with Gasteiger partial charge in [-0.3, -0.25) is 0 Å². The second-order valence-electron chi connectivity index (χ2n) is 7.20. The third-order valence-electron chi connectivity index (χ3n) is 5.14. The van der Waals surface area contributed by atoms with Crippen LogP contribution in [0.3, 0.4) is 0 Å².